The second kappa shape index (κ2) is 10.5. The number of aliphatic imine (C=N–C) groups is 1. The van der Waals surface area contributed by atoms with Crippen LogP contribution in [0.25, 0.3) is 10.9 Å². The van der Waals surface area contributed by atoms with Gasteiger partial charge in [0.05, 0.1) is 6.54 Å². The zero-order valence-corrected chi connectivity index (χ0v) is 18.5. The van der Waals surface area contributed by atoms with Crippen LogP contribution in [-0.4, -0.2) is 61.8 Å². The zero-order valence-electron chi connectivity index (χ0n) is 16.2. The molecule has 0 aliphatic carbocycles. The van der Waals surface area contributed by atoms with Crippen LogP contribution in [0.15, 0.2) is 29.4 Å². The smallest absolute Gasteiger partial charge is 0.361 e. The third-order valence-corrected chi connectivity index (χ3v) is 4.97. The van der Waals surface area contributed by atoms with Crippen molar-refractivity contribution in [3.8, 4) is 0 Å². The molecular weight excluding hydrogens is 501 g/mol. The molecule has 1 atom stereocenters. The molecule has 1 fully saturated rings. The van der Waals surface area contributed by atoms with Gasteiger partial charge in [0, 0.05) is 43.8 Å². The summed E-state index contributed by atoms with van der Waals surface area (Å²) in [5.74, 6) is 0.522. The van der Waals surface area contributed by atoms with E-state index in [0.29, 0.717) is 32.1 Å². The van der Waals surface area contributed by atoms with Gasteiger partial charge in [0.15, 0.2) is 5.96 Å². The maximum Gasteiger partial charge on any atom is 0.401 e. The number of hydrogen-bond donors (Lipinski definition) is 3. The third-order valence-electron chi connectivity index (χ3n) is 4.97. The standard InChI is InChI=1S/C19H25F4N5.HI/c1-24-18(27-9-13-5-7-28(11-13)12-19(21,22)23)25-6-4-14-10-26-17-8-15(20)2-3-16(14)17;/h2-3,8,10,13,26H,4-7,9,11-12H2,1H3,(H2,24,25,27);1H. The van der Waals surface area contributed by atoms with Gasteiger partial charge in [-0.2, -0.15) is 13.2 Å². The van der Waals surface area contributed by atoms with Crippen molar-refractivity contribution in [2.45, 2.75) is 19.0 Å². The molecule has 2 aromatic rings. The van der Waals surface area contributed by atoms with E-state index < -0.39 is 12.7 Å². The number of nitrogens with one attached hydrogen (secondary N) is 3. The van der Waals surface area contributed by atoms with Crippen LogP contribution in [0.1, 0.15) is 12.0 Å². The molecule has 1 aromatic carbocycles. The highest BCUT2D eigenvalue weighted by Gasteiger charge is 2.34. The molecule has 3 rings (SSSR count). The molecule has 2 heterocycles. The summed E-state index contributed by atoms with van der Waals surface area (Å²) < 4.78 is 50.7. The first-order chi connectivity index (χ1) is 13.3. The zero-order chi connectivity index (χ0) is 20.1. The Labute approximate surface area is 184 Å². The Bertz CT molecular complexity index is 821. The Kier molecular flexibility index (Phi) is 8.56. The van der Waals surface area contributed by atoms with Gasteiger partial charge in [-0.1, -0.05) is 0 Å². The van der Waals surface area contributed by atoms with Crippen LogP contribution in [0, 0.1) is 11.7 Å². The minimum atomic E-state index is -4.14. The number of benzene rings is 1. The number of hydrogen-bond acceptors (Lipinski definition) is 2. The van der Waals surface area contributed by atoms with Crippen LogP contribution in [0.2, 0.25) is 0 Å². The molecule has 0 spiro atoms. The highest BCUT2D eigenvalue weighted by Crippen LogP contribution is 2.22. The molecule has 1 saturated heterocycles. The monoisotopic (exact) mass is 527 g/mol. The van der Waals surface area contributed by atoms with E-state index in [1.54, 1.807) is 13.1 Å². The van der Waals surface area contributed by atoms with Gasteiger partial charge < -0.3 is 15.6 Å². The average molecular weight is 527 g/mol. The van der Waals surface area contributed by atoms with E-state index in [-0.39, 0.29) is 35.7 Å². The molecule has 1 aliphatic rings. The normalized spacial score (nSPS) is 18.1. The largest absolute Gasteiger partial charge is 0.401 e. The molecule has 0 saturated carbocycles. The number of halogens is 5. The van der Waals surface area contributed by atoms with Crippen LogP contribution in [0.4, 0.5) is 17.6 Å². The molecule has 162 valence electrons. The lowest BCUT2D eigenvalue weighted by molar-refractivity contribution is -0.143. The number of guanidine groups is 1. The molecule has 0 radical (unpaired) electrons. The maximum atomic E-state index is 13.3. The molecule has 5 nitrogen and oxygen atoms in total. The first-order valence-corrected chi connectivity index (χ1v) is 9.33. The van der Waals surface area contributed by atoms with Crippen LogP contribution in [-0.2, 0) is 6.42 Å². The Hall–Kier alpha value is -1.56. The average Bonchev–Trinajstić information content (AvgIpc) is 3.23. The Morgan fingerprint density at radius 1 is 1.31 bits per heavy atom. The highest BCUT2D eigenvalue weighted by atomic mass is 127. The summed E-state index contributed by atoms with van der Waals surface area (Å²) >= 11 is 0. The molecule has 1 unspecified atom stereocenters. The summed E-state index contributed by atoms with van der Waals surface area (Å²) in [6.07, 6.45) is -0.801. The predicted molar refractivity (Wildman–Crippen MR) is 117 cm³/mol. The molecule has 29 heavy (non-hydrogen) atoms. The molecular formula is C19H26F4IN5. The second-order valence-corrected chi connectivity index (χ2v) is 7.14. The van der Waals surface area contributed by atoms with Gasteiger partial charge in [0.25, 0.3) is 0 Å². The van der Waals surface area contributed by atoms with Crippen molar-refractivity contribution in [2.24, 2.45) is 10.9 Å². The topological polar surface area (TPSA) is 55.5 Å². The minimum absolute atomic E-state index is 0. The molecule has 0 amide bonds. The summed E-state index contributed by atoms with van der Waals surface area (Å²) in [5, 5.41) is 7.40. The van der Waals surface area contributed by atoms with Crippen LogP contribution in [0.5, 0.6) is 0 Å². The minimum Gasteiger partial charge on any atom is -0.361 e. The third kappa shape index (κ3) is 7.02. The fourth-order valence-electron chi connectivity index (χ4n) is 3.62. The van der Waals surface area contributed by atoms with Crippen molar-refractivity contribution in [3.05, 3.63) is 35.8 Å². The number of aromatic nitrogens is 1. The van der Waals surface area contributed by atoms with Gasteiger partial charge in [0.1, 0.15) is 5.82 Å². The van der Waals surface area contributed by atoms with Gasteiger partial charge in [-0.05, 0) is 49.1 Å². The van der Waals surface area contributed by atoms with E-state index in [1.165, 1.54) is 17.0 Å². The number of rotatable bonds is 6. The number of aromatic amines is 1. The summed E-state index contributed by atoms with van der Waals surface area (Å²) in [5.41, 5.74) is 1.85. The SMILES string of the molecule is CN=C(NCCc1c[nH]c2cc(F)ccc12)NCC1CCN(CC(F)(F)F)C1.I. The fourth-order valence-corrected chi connectivity index (χ4v) is 3.62. The lowest BCUT2D eigenvalue weighted by Crippen LogP contribution is -2.41. The quantitative estimate of drug-likeness (QED) is 0.233. The number of alkyl halides is 3. The number of H-pyrrole nitrogens is 1. The van der Waals surface area contributed by atoms with Gasteiger partial charge in [0.2, 0.25) is 0 Å². The van der Waals surface area contributed by atoms with Gasteiger partial charge >= 0.3 is 6.18 Å². The summed E-state index contributed by atoms with van der Waals surface area (Å²) in [6, 6.07) is 4.67. The van der Waals surface area contributed by atoms with Crippen molar-refractivity contribution < 1.29 is 17.6 Å². The number of nitrogens with zero attached hydrogens (tertiary/aromatic N) is 2. The van der Waals surface area contributed by atoms with Crippen molar-refractivity contribution in [2.75, 3.05) is 39.8 Å². The van der Waals surface area contributed by atoms with E-state index in [1.807, 2.05) is 6.20 Å². The first kappa shape index (κ1) is 23.7. The molecule has 10 heteroatoms. The van der Waals surface area contributed by atoms with E-state index >= 15 is 0 Å². The Morgan fingerprint density at radius 3 is 2.83 bits per heavy atom. The Balaban J connectivity index is 0.00000300. The van der Waals surface area contributed by atoms with Gasteiger partial charge in [-0.3, -0.25) is 9.89 Å². The molecule has 1 aliphatic heterocycles. The van der Waals surface area contributed by atoms with Crippen LogP contribution >= 0.6 is 24.0 Å². The van der Waals surface area contributed by atoms with Crippen molar-refractivity contribution in [3.63, 3.8) is 0 Å². The lowest BCUT2D eigenvalue weighted by atomic mass is 10.1. The van der Waals surface area contributed by atoms with Crippen LogP contribution in [0.3, 0.4) is 0 Å². The summed E-state index contributed by atoms with van der Waals surface area (Å²) in [7, 11) is 1.66. The maximum absolute atomic E-state index is 13.3. The van der Waals surface area contributed by atoms with Crippen molar-refractivity contribution in [1.29, 1.82) is 0 Å². The van der Waals surface area contributed by atoms with E-state index in [2.05, 4.69) is 20.6 Å². The molecule has 0 bridgehead atoms. The molecule has 1 aromatic heterocycles. The van der Waals surface area contributed by atoms with E-state index in [9.17, 15) is 17.6 Å². The van der Waals surface area contributed by atoms with E-state index in [4.69, 9.17) is 0 Å². The Morgan fingerprint density at radius 2 is 2.10 bits per heavy atom. The second-order valence-electron chi connectivity index (χ2n) is 7.14. The summed E-state index contributed by atoms with van der Waals surface area (Å²) in [6.45, 7) is 1.29. The summed E-state index contributed by atoms with van der Waals surface area (Å²) in [4.78, 5) is 8.68. The van der Waals surface area contributed by atoms with Crippen molar-refractivity contribution >= 4 is 40.8 Å². The predicted octanol–water partition coefficient (Wildman–Crippen LogP) is 3.52. The van der Waals surface area contributed by atoms with Gasteiger partial charge in [-0.15, -0.1) is 24.0 Å². The van der Waals surface area contributed by atoms with Gasteiger partial charge in [-0.25, -0.2) is 4.39 Å². The number of fused-ring (bicyclic) bond motifs is 1. The van der Waals surface area contributed by atoms with Crippen molar-refractivity contribution in [1.82, 2.24) is 20.5 Å². The van der Waals surface area contributed by atoms with Crippen LogP contribution < -0.4 is 10.6 Å². The van der Waals surface area contributed by atoms with E-state index in [0.717, 1.165) is 29.3 Å². The molecule has 3 N–H and O–H groups in total. The first-order valence-electron chi connectivity index (χ1n) is 9.33. The lowest BCUT2D eigenvalue weighted by Gasteiger charge is -2.18. The highest BCUT2D eigenvalue weighted by molar-refractivity contribution is 14.0. The fraction of sp³-hybridized carbons (Fsp3) is 0.526. The number of likely N-dealkylation sites (tertiary alicyclic amines) is 1.